The van der Waals surface area contributed by atoms with Gasteiger partial charge in [-0.1, -0.05) is 0 Å². The highest BCUT2D eigenvalue weighted by Crippen LogP contribution is 2.00. The predicted octanol–water partition coefficient (Wildman–Crippen LogP) is 0.698. The van der Waals surface area contributed by atoms with Crippen molar-refractivity contribution in [2.45, 2.75) is 25.8 Å². The Morgan fingerprint density at radius 3 is 3.06 bits per heavy atom. The fourth-order valence-corrected chi connectivity index (χ4v) is 1.43. The van der Waals surface area contributed by atoms with Gasteiger partial charge in [-0.25, -0.2) is 4.98 Å². The van der Waals surface area contributed by atoms with E-state index in [-0.39, 0.29) is 5.91 Å². The molecule has 0 unspecified atom stereocenters. The largest absolute Gasteiger partial charge is 0.370 e. The van der Waals surface area contributed by atoms with Gasteiger partial charge in [-0.15, -0.1) is 0 Å². The maximum Gasteiger partial charge on any atom is 0.217 e. The van der Waals surface area contributed by atoms with Gasteiger partial charge < -0.3 is 11.1 Å². The lowest BCUT2D eigenvalue weighted by Gasteiger charge is -2.04. The van der Waals surface area contributed by atoms with Crippen molar-refractivity contribution in [3.63, 3.8) is 0 Å². The molecule has 0 bridgehead atoms. The van der Waals surface area contributed by atoms with Crippen molar-refractivity contribution in [1.82, 2.24) is 10.3 Å². The average Bonchev–Trinajstić information content (AvgIpc) is 2.33. The fraction of sp³-hybridized carbons (Fsp3) is 0.417. The predicted molar refractivity (Wildman–Crippen MR) is 63.7 cm³/mol. The van der Waals surface area contributed by atoms with Crippen LogP contribution in [0.15, 0.2) is 18.3 Å². The zero-order valence-corrected chi connectivity index (χ0v) is 9.65. The Morgan fingerprint density at radius 1 is 1.53 bits per heavy atom. The zero-order valence-electron chi connectivity index (χ0n) is 9.65. The first-order valence-corrected chi connectivity index (χ1v) is 5.56. The topological polar surface area (TPSA) is 91.8 Å². The van der Waals surface area contributed by atoms with Gasteiger partial charge in [0.25, 0.3) is 0 Å². The lowest BCUT2D eigenvalue weighted by Crippen LogP contribution is -2.16. The van der Waals surface area contributed by atoms with Crippen LogP contribution in [-0.4, -0.2) is 17.4 Å². The standard InChI is InChI=1S/C12H16N4O/c13-8-11-7-10(4-6-16-11)9-15-5-2-1-3-12(14)17/h4,6-7,15H,1-3,5,9H2,(H2,14,17). The highest BCUT2D eigenvalue weighted by molar-refractivity contribution is 5.73. The number of nitriles is 1. The molecule has 0 radical (unpaired) electrons. The summed E-state index contributed by atoms with van der Waals surface area (Å²) in [6.07, 6.45) is 3.79. The van der Waals surface area contributed by atoms with Gasteiger partial charge in [0.1, 0.15) is 11.8 Å². The molecule has 0 aliphatic heterocycles. The van der Waals surface area contributed by atoms with Crippen LogP contribution in [0.4, 0.5) is 0 Å². The second-order valence-corrected chi connectivity index (χ2v) is 3.76. The molecular formula is C12H16N4O. The molecule has 0 atom stereocenters. The number of primary amides is 1. The molecule has 1 aromatic heterocycles. The normalized spacial score (nSPS) is 9.82. The van der Waals surface area contributed by atoms with Crippen LogP contribution < -0.4 is 11.1 Å². The van der Waals surface area contributed by atoms with E-state index in [0.29, 0.717) is 18.7 Å². The third kappa shape index (κ3) is 5.64. The van der Waals surface area contributed by atoms with Gasteiger partial charge in [-0.05, 0) is 37.1 Å². The van der Waals surface area contributed by atoms with Crippen molar-refractivity contribution in [3.8, 4) is 6.07 Å². The highest BCUT2D eigenvalue weighted by Gasteiger charge is 1.97. The van der Waals surface area contributed by atoms with E-state index in [1.807, 2.05) is 12.1 Å². The number of aromatic nitrogens is 1. The molecule has 0 aliphatic rings. The molecule has 0 fully saturated rings. The van der Waals surface area contributed by atoms with E-state index < -0.39 is 0 Å². The zero-order chi connectivity index (χ0) is 12.5. The van der Waals surface area contributed by atoms with Crippen molar-refractivity contribution in [2.75, 3.05) is 6.54 Å². The monoisotopic (exact) mass is 232 g/mol. The van der Waals surface area contributed by atoms with Crippen molar-refractivity contribution in [1.29, 1.82) is 5.26 Å². The van der Waals surface area contributed by atoms with Crippen molar-refractivity contribution in [2.24, 2.45) is 5.73 Å². The van der Waals surface area contributed by atoms with Crippen molar-refractivity contribution in [3.05, 3.63) is 29.6 Å². The van der Waals surface area contributed by atoms with Crippen LogP contribution in [0.5, 0.6) is 0 Å². The number of carbonyl (C=O) groups excluding carboxylic acids is 1. The summed E-state index contributed by atoms with van der Waals surface area (Å²) in [4.78, 5) is 14.4. The molecule has 1 amide bonds. The van der Waals surface area contributed by atoms with Gasteiger partial charge in [-0.2, -0.15) is 5.26 Å². The minimum absolute atomic E-state index is 0.252. The van der Waals surface area contributed by atoms with E-state index in [0.717, 1.165) is 24.9 Å². The summed E-state index contributed by atoms with van der Waals surface area (Å²) in [7, 11) is 0. The summed E-state index contributed by atoms with van der Waals surface area (Å²) in [5.74, 6) is -0.252. The van der Waals surface area contributed by atoms with Gasteiger partial charge in [0, 0.05) is 19.2 Å². The van der Waals surface area contributed by atoms with Gasteiger partial charge >= 0.3 is 0 Å². The second kappa shape index (κ2) is 7.36. The Labute approximate surface area is 101 Å². The molecule has 5 heteroatoms. The molecule has 1 rings (SSSR count). The summed E-state index contributed by atoms with van der Waals surface area (Å²) < 4.78 is 0. The van der Waals surface area contributed by atoms with E-state index in [4.69, 9.17) is 11.0 Å². The van der Waals surface area contributed by atoms with E-state index in [9.17, 15) is 4.79 Å². The summed E-state index contributed by atoms with van der Waals surface area (Å²) >= 11 is 0. The first-order valence-electron chi connectivity index (χ1n) is 5.56. The first-order chi connectivity index (χ1) is 8.22. The molecule has 0 spiro atoms. The fourth-order valence-electron chi connectivity index (χ4n) is 1.43. The van der Waals surface area contributed by atoms with Gasteiger partial charge in [0.05, 0.1) is 0 Å². The van der Waals surface area contributed by atoms with E-state index in [1.165, 1.54) is 0 Å². The lowest BCUT2D eigenvalue weighted by atomic mass is 10.2. The maximum atomic E-state index is 10.5. The number of pyridine rings is 1. The highest BCUT2D eigenvalue weighted by atomic mass is 16.1. The molecule has 90 valence electrons. The average molecular weight is 232 g/mol. The Bertz CT molecular complexity index is 411. The van der Waals surface area contributed by atoms with Crippen LogP contribution in [0.2, 0.25) is 0 Å². The van der Waals surface area contributed by atoms with Crippen LogP contribution in [-0.2, 0) is 11.3 Å². The van der Waals surface area contributed by atoms with Crippen molar-refractivity contribution < 1.29 is 4.79 Å². The number of hydrogen-bond acceptors (Lipinski definition) is 4. The Hall–Kier alpha value is -1.93. The van der Waals surface area contributed by atoms with E-state index >= 15 is 0 Å². The molecular weight excluding hydrogens is 216 g/mol. The van der Waals surface area contributed by atoms with E-state index in [2.05, 4.69) is 10.3 Å². The summed E-state index contributed by atoms with van der Waals surface area (Å²) in [6, 6.07) is 5.63. The van der Waals surface area contributed by atoms with Crippen LogP contribution in [0.3, 0.4) is 0 Å². The lowest BCUT2D eigenvalue weighted by molar-refractivity contribution is -0.118. The summed E-state index contributed by atoms with van der Waals surface area (Å²) in [5, 5.41) is 11.9. The molecule has 0 aliphatic carbocycles. The number of rotatable bonds is 7. The minimum atomic E-state index is -0.252. The summed E-state index contributed by atoms with van der Waals surface area (Å²) in [5.41, 5.74) is 6.50. The number of nitrogens with zero attached hydrogens (tertiary/aromatic N) is 2. The molecule has 3 N–H and O–H groups in total. The summed E-state index contributed by atoms with van der Waals surface area (Å²) in [6.45, 7) is 1.53. The van der Waals surface area contributed by atoms with Crippen LogP contribution in [0.25, 0.3) is 0 Å². The number of hydrogen-bond donors (Lipinski definition) is 2. The SMILES string of the molecule is N#Cc1cc(CNCCCCC(N)=O)ccn1. The number of carbonyl (C=O) groups is 1. The third-order valence-corrected chi connectivity index (χ3v) is 2.29. The Morgan fingerprint density at radius 2 is 2.35 bits per heavy atom. The quantitative estimate of drug-likeness (QED) is 0.677. The number of amides is 1. The molecule has 1 aromatic rings. The number of nitrogens with two attached hydrogens (primary N) is 1. The second-order valence-electron chi connectivity index (χ2n) is 3.76. The minimum Gasteiger partial charge on any atom is -0.370 e. The van der Waals surface area contributed by atoms with Crippen LogP contribution in [0, 0.1) is 11.3 Å². The molecule has 1 heterocycles. The third-order valence-electron chi connectivity index (χ3n) is 2.29. The van der Waals surface area contributed by atoms with Gasteiger partial charge in [0.2, 0.25) is 5.91 Å². The first kappa shape index (κ1) is 13.1. The number of unbranched alkanes of at least 4 members (excludes halogenated alkanes) is 1. The Balaban J connectivity index is 2.18. The smallest absolute Gasteiger partial charge is 0.217 e. The molecule has 5 nitrogen and oxygen atoms in total. The molecule has 17 heavy (non-hydrogen) atoms. The van der Waals surface area contributed by atoms with Gasteiger partial charge in [-0.3, -0.25) is 4.79 Å². The van der Waals surface area contributed by atoms with Crippen LogP contribution in [0.1, 0.15) is 30.5 Å². The van der Waals surface area contributed by atoms with Crippen molar-refractivity contribution >= 4 is 5.91 Å². The maximum absolute atomic E-state index is 10.5. The molecule has 0 saturated carbocycles. The molecule has 0 aromatic carbocycles. The molecule has 0 saturated heterocycles. The van der Waals surface area contributed by atoms with Gasteiger partial charge in [0.15, 0.2) is 0 Å². The Kier molecular flexibility index (Phi) is 5.69. The van der Waals surface area contributed by atoms with Crippen LogP contribution >= 0.6 is 0 Å². The number of nitrogens with one attached hydrogen (secondary N) is 1. The van der Waals surface area contributed by atoms with E-state index in [1.54, 1.807) is 12.3 Å².